The first-order chi connectivity index (χ1) is 6.79. The van der Waals surface area contributed by atoms with Gasteiger partial charge in [-0.1, -0.05) is 31.0 Å². The van der Waals surface area contributed by atoms with E-state index in [-0.39, 0.29) is 0 Å². The zero-order valence-corrected chi connectivity index (χ0v) is 9.27. The van der Waals surface area contributed by atoms with E-state index in [2.05, 4.69) is 18.3 Å². The Morgan fingerprint density at radius 1 is 1.50 bits per heavy atom. The molecule has 1 nitrogen and oxygen atoms in total. The summed E-state index contributed by atoms with van der Waals surface area (Å²) < 4.78 is 0. The van der Waals surface area contributed by atoms with Gasteiger partial charge in [0.1, 0.15) is 0 Å². The number of nitrogens with one attached hydrogen (secondary N) is 1. The maximum absolute atomic E-state index is 5.93. The summed E-state index contributed by atoms with van der Waals surface area (Å²) >= 11 is 5.93. The minimum atomic E-state index is 0.800. The van der Waals surface area contributed by atoms with Crippen molar-refractivity contribution in [3.63, 3.8) is 0 Å². The number of benzene rings is 1. The van der Waals surface area contributed by atoms with Gasteiger partial charge in [0.2, 0.25) is 0 Å². The van der Waals surface area contributed by atoms with Gasteiger partial charge in [-0.05, 0) is 36.5 Å². The van der Waals surface area contributed by atoms with E-state index < -0.39 is 0 Å². The average Bonchev–Trinajstić information content (AvgIpc) is 2.19. The van der Waals surface area contributed by atoms with Crippen molar-refractivity contribution >= 4 is 17.3 Å². The predicted octanol–water partition coefficient (Wildman–Crippen LogP) is 3.72. The molecule has 1 aliphatic heterocycles. The fourth-order valence-corrected chi connectivity index (χ4v) is 2.31. The molecular weight excluding hydrogens is 194 g/mol. The van der Waals surface area contributed by atoms with Gasteiger partial charge in [0.15, 0.2) is 0 Å². The fourth-order valence-electron chi connectivity index (χ4n) is 2.14. The maximum Gasteiger partial charge on any atom is 0.0426 e. The van der Waals surface area contributed by atoms with Crippen LogP contribution in [0, 0.1) is 5.92 Å². The monoisotopic (exact) mass is 209 g/mol. The Hall–Kier alpha value is -0.690. The highest BCUT2D eigenvalue weighted by molar-refractivity contribution is 6.30. The molecule has 0 spiro atoms. The Kier molecular flexibility index (Phi) is 2.97. The quantitative estimate of drug-likeness (QED) is 0.783. The Labute approximate surface area is 90.5 Å². The van der Waals surface area contributed by atoms with Crippen LogP contribution in [0.2, 0.25) is 5.02 Å². The first kappa shape index (κ1) is 9.85. The van der Waals surface area contributed by atoms with Crippen molar-refractivity contribution < 1.29 is 0 Å². The highest BCUT2D eigenvalue weighted by Gasteiger charge is 2.17. The molecule has 2 heteroatoms. The van der Waals surface area contributed by atoms with Crippen LogP contribution < -0.4 is 5.32 Å². The third-order valence-corrected chi connectivity index (χ3v) is 3.09. The first-order valence-electron chi connectivity index (χ1n) is 5.32. The normalized spacial score (nSPS) is 20.0. The SMILES string of the molecule is CCCC1CNc2cc(Cl)ccc2C1. The third kappa shape index (κ3) is 2.03. The summed E-state index contributed by atoms with van der Waals surface area (Å²) in [7, 11) is 0. The van der Waals surface area contributed by atoms with Crippen LogP contribution in [0.25, 0.3) is 0 Å². The second kappa shape index (κ2) is 4.22. The van der Waals surface area contributed by atoms with E-state index >= 15 is 0 Å². The van der Waals surface area contributed by atoms with Crippen molar-refractivity contribution in [2.75, 3.05) is 11.9 Å². The van der Waals surface area contributed by atoms with Gasteiger partial charge in [-0.15, -0.1) is 0 Å². The van der Waals surface area contributed by atoms with E-state index in [4.69, 9.17) is 11.6 Å². The second-order valence-electron chi connectivity index (χ2n) is 4.04. The topological polar surface area (TPSA) is 12.0 Å². The molecule has 0 fully saturated rings. The van der Waals surface area contributed by atoms with E-state index in [0.29, 0.717) is 0 Å². The minimum absolute atomic E-state index is 0.800. The molecule has 1 unspecified atom stereocenters. The molecular formula is C12H16ClN. The Morgan fingerprint density at radius 2 is 2.36 bits per heavy atom. The van der Waals surface area contributed by atoms with E-state index in [1.807, 2.05) is 12.1 Å². The van der Waals surface area contributed by atoms with Gasteiger partial charge in [0, 0.05) is 17.3 Å². The van der Waals surface area contributed by atoms with E-state index in [0.717, 1.165) is 17.5 Å². The number of hydrogen-bond donors (Lipinski definition) is 1. The lowest BCUT2D eigenvalue weighted by Crippen LogP contribution is -2.22. The molecule has 0 aromatic heterocycles. The Balaban J connectivity index is 2.15. The first-order valence-corrected chi connectivity index (χ1v) is 5.69. The van der Waals surface area contributed by atoms with Crippen molar-refractivity contribution in [3.8, 4) is 0 Å². The minimum Gasteiger partial charge on any atom is -0.384 e. The van der Waals surface area contributed by atoms with Crippen LogP contribution in [-0.2, 0) is 6.42 Å². The van der Waals surface area contributed by atoms with E-state index in [9.17, 15) is 0 Å². The number of anilines is 1. The van der Waals surface area contributed by atoms with Gasteiger partial charge in [-0.3, -0.25) is 0 Å². The smallest absolute Gasteiger partial charge is 0.0426 e. The van der Waals surface area contributed by atoms with Crippen LogP contribution in [0.5, 0.6) is 0 Å². The van der Waals surface area contributed by atoms with Crippen LogP contribution in [-0.4, -0.2) is 6.54 Å². The van der Waals surface area contributed by atoms with Crippen LogP contribution >= 0.6 is 11.6 Å². The van der Waals surface area contributed by atoms with Crippen LogP contribution in [0.1, 0.15) is 25.3 Å². The molecule has 1 aromatic carbocycles. The van der Waals surface area contributed by atoms with Crippen LogP contribution in [0.3, 0.4) is 0 Å². The number of halogens is 1. The van der Waals surface area contributed by atoms with Gasteiger partial charge < -0.3 is 5.32 Å². The van der Waals surface area contributed by atoms with Crippen LogP contribution in [0.4, 0.5) is 5.69 Å². The van der Waals surface area contributed by atoms with Gasteiger partial charge in [0.25, 0.3) is 0 Å². The molecule has 0 saturated heterocycles. The molecule has 0 aliphatic carbocycles. The molecule has 14 heavy (non-hydrogen) atoms. The highest BCUT2D eigenvalue weighted by atomic mass is 35.5. The fraction of sp³-hybridized carbons (Fsp3) is 0.500. The summed E-state index contributed by atoms with van der Waals surface area (Å²) in [5.41, 5.74) is 2.64. The van der Waals surface area contributed by atoms with Crippen molar-refractivity contribution in [2.24, 2.45) is 5.92 Å². The molecule has 1 aromatic rings. The maximum atomic E-state index is 5.93. The Morgan fingerprint density at radius 3 is 3.14 bits per heavy atom. The third-order valence-electron chi connectivity index (χ3n) is 2.86. The molecule has 2 rings (SSSR count). The summed E-state index contributed by atoms with van der Waals surface area (Å²) in [5.74, 6) is 0.800. The lowest BCUT2D eigenvalue weighted by molar-refractivity contribution is 0.489. The van der Waals surface area contributed by atoms with Gasteiger partial charge in [-0.2, -0.15) is 0 Å². The van der Waals surface area contributed by atoms with Crippen molar-refractivity contribution in [1.82, 2.24) is 0 Å². The molecule has 0 bridgehead atoms. The molecule has 1 heterocycles. The van der Waals surface area contributed by atoms with Gasteiger partial charge in [0.05, 0.1) is 0 Å². The lowest BCUT2D eigenvalue weighted by Gasteiger charge is -2.25. The predicted molar refractivity (Wildman–Crippen MR) is 62.0 cm³/mol. The molecule has 0 saturated carbocycles. The van der Waals surface area contributed by atoms with Crippen molar-refractivity contribution in [3.05, 3.63) is 28.8 Å². The van der Waals surface area contributed by atoms with Gasteiger partial charge >= 0.3 is 0 Å². The van der Waals surface area contributed by atoms with Crippen LogP contribution in [0.15, 0.2) is 18.2 Å². The molecule has 0 radical (unpaired) electrons. The molecule has 1 atom stereocenters. The number of fused-ring (bicyclic) bond motifs is 1. The standard InChI is InChI=1S/C12H16ClN/c1-2-3-9-6-10-4-5-11(13)7-12(10)14-8-9/h4-5,7,9,14H,2-3,6,8H2,1H3. The summed E-state index contributed by atoms with van der Waals surface area (Å²) in [6.07, 6.45) is 3.79. The van der Waals surface area contributed by atoms with E-state index in [1.54, 1.807) is 0 Å². The molecule has 76 valence electrons. The number of hydrogen-bond acceptors (Lipinski definition) is 1. The summed E-state index contributed by atoms with van der Waals surface area (Å²) in [5, 5.41) is 4.28. The van der Waals surface area contributed by atoms with Crippen molar-refractivity contribution in [2.45, 2.75) is 26.2 Å². The zero-order valence-electron chi connectivity index (χ0n) is 8.52. The molecule has 1 aliphatic rings. The molecule has 0 amide bonds. The number of rotatable bonds is 2. The zero-order chi connectivity index (χ0) is 9.97. The Bertz CT molecular complexity index is 322. The second-order valence-corrected chi connectivity index (χ2v) is 4.48. The molecule has 1 N–H and O–H groups in total. The summed E-state index contributed by atoms with van der Waals surface area (Å²) in [6, 6.07) is 6.15. The summed E-state index contributed by atoms with van der Waals surface area (Å²) in [4.78, 5) is 0. The summed E-state index contributed by atoms with van der Waals surface area (Å²) in [6.45, 7) is 3.35. The largest absolute Gasteiger partial charge is 0.384 e. The lowest BCUT2D eigenvalue weighted by atomic mass is 9.91. The van der Waals surface area contributed by atoms with Gasteiger partial charge in [-0.25, -0.2) is 0 Å². The average molecular weight is 210 g/mol. The van der Waals surface area contributed by atoms with E-state index in [1.165, 1.54) is 30.5 Å². The van der Waals surface area contributed by atoms with Crippen molar-refractivity contribution in [1.29, 1.82) is 0 Å². The highest BCUT2D eigenvalue weighted by Crippen LogP contribution is 2.29.